The zero-order valence-electron chi connectivity index (χ0n) is 10.9. The summed E-state index contributed by atoms with van der Waals surface area (Å²) in [4.78, 5) is 35.7. The fraction of sp³-hybridized carbons (Fsp3) is 0.769. The molecule has 0 aromatic carbocycles. The largest absolute Gasteiger partial charge is 0.396 e. The van der Waals surface area contributed by atoms with E-state index >= 15 is 0 Å². The van der Waals surface area contributed by atoms with Gasteiger partial charge in [0, 0.05) is 44.4 Å². The molecule has 0 radical (unpaired) electrons. The second-order valence-corrected chi connectivity index (χ2v) is 5.24. The van der Waals surface area contributed by atoms with Crippen molar-refractivity contribution in [1.82, 2.24) is 10.2 Å². The summed E-state index contributed by atoms with van der Waals surface area (Å²) in [6, 6.07) is 0.0301. The van der Waals surface area contributed by atoms with Gasteiger partial charge < -0.3 is 10.4 Å². The number of aliphatic hydroxyl groups is 1. The number of amides is 3. The molecule has 0 aromatic heterocycles. The van der Waals surface area contributed by atoms with Crippen LogP contribution >= 0.6 is 0 Å². The lowest BCUT2D eigenvalue weighted by Crippen LogP contribution is -2.40. The average molecular weight is 268 g/mol. The van der Waals surface area contributed by atoms with Gasteiger partial charge in [-0.3, -0.25) is 19.3 Å². The molecule has 2 aliphatic rings. The van der Waals surface area contributed by atoms with Crippen molar-refractivity contribution in [3.05, 3.63) is 0 Å². The zero-order chi connectivity index (χ0) is 13.8. The summed E-state index contributed by atoms with van der Waals surface area (Å²) in [6.07, 6.45) is 3.50. The first kappa shape index (κ1) is 14.0. The molecule has 106 valence electrons. The molecule has 2 rings (SSSR count). The van der Waals surface area contributed by atoms with Gasteiger partial charge >= 0.3 is 0 Å². The van der Waals surface area contributed by atoms with E-state index in [1.54, 1.807) is 0 Å². The summed E-state index contributed by atoms with van der Waals surface area (Å²) >= 11 is 0. The number of rotatable bonds is 5. The Bertz CT molecular complexity index is 367. The van der Waals surface area contributed by atoms with E-state index in [0.717, 1.165) is 24.2 Å². The second kappa shape index (κ2) is 6.14. The minimum atomic E-state index is -0.188. The molecule has 0 bridgehead atoms. The molecule has 2 N–H and O–H groups in total. The van der Waals surface area contributed by atoms with Gasteiger partial charge in [0.1, 0.15) is 0 Å². The van der Waals surface area contributed by atoms with Gasteiger partial charge in [-0.15, -0.1) is 0 Å². The highest BCUT2D eigenvalue weighted by molar-refractivity contribution is 6.02. The van der Waals surface area contributed by atoms with E-state index < -0.39 is 0 Å². The predicted molar refractivity (Wildman–Crippen MR) is 66.9 cm³/mol. The van der Waals surface area contributed by atoms with Crippen LogP contribution in [0.4, 0.5) is 0 Å². The summed E-state index contributed by atoms with van der Waals surface area (Å²) < 4.78 is 0. The van der Waals surface area contributed by atoms with Crippen LogP contribution < -0.4 is 5.32 Å². The van der Waals surface area contributed by atoms with Gasteiger partial charge in [0.2, 0.25) is 17.7 Å². The van der Waals surface area contributed by atoms with Crippen molar-refractivity contribution in [3.8, 4) is 0 Å². The molecule has 1 saturated carbocycles. The van der Waals surface area contributed by atoms with E-state index in [9.17, 15) is 19.5 Å². The standard InChI is InChI=1S/C13H20N2O4/c16-8-9-2-1-3-10(9)14-11(17)6-7-15-12(18)4-5-13(15)19/h9-10,16H,1-8H2,(H,14,17). The van der Waals surface area contributed by atoms with Crippen LogP contribution in [0.2, 0.25) is 0 Å². The molecule has 3 amide bonds. The first-order chi connectivity index (χ1) is 9.11. The van der Waals surface area contributed by atoms with Crippen LogP contribution in [-0.4, -0.2) is 46.9 Å². The van der Waals surface area contributed by atoms with Crippen molar-refractivity contribution in [1.29, 1.82) is 0 Å². The van der Waals surface area contributed by atoms with Gasteiger partial charge in [0.05, 0.1) is 0 Å². The van der Waals surface area contributed by atoms with Crippen LogP contribution in [0, 0.1) is 5.92 Å². The summed E-state index contributed by atoms with van der Waals surface area (Å²) in [6.45, 7) is 0.258. The molecule has 1 saturated heterocycles. The number of likely N-dealkylation sites (tertiary alicyclic amines) is 1. The lowest BCUT2D eigenvalue weighted by Gasteiger charge is -2.20. The normalized spacial score (nSPS) is 27.1. The number of imide groups is 1. The third-order valence-electron chi connectivity index (χ3n) is 3.96. The van der Waals surface area contributed by atoms with Crippen molar-refractivity contribution < 1.29 is 19.5 Å². The maximum atomic E-state index is 11.8. The van der Waals surface area contributed by atoms with Crippen molar-refractivity contribution >= 4 is 17.7 Å². The maximum Gasteiger partial charge on any atom is 0.229 e. The molecule has 2 fully saturated rings. The number of nitrogens with one attached hydrogen (secondary N) is 1. The van der Waals surface area contributed by atoms with E-state index in [4.69, 9.17) is 0 Å². The molecule has 2 unspecified atom stereocenters. The topological polar surface area (TPSA) is 86.7 Å². The molecular weight excluding hydrogens is 248 g/mol. The average Bonchev–Trinajstić information content (AvgIpc) is 2.95. The van der Waals surface area contributed by atoms with Gasteiger partial charge in [0.15, 0.2) is 0 Å². The van der Waals surface area contributed by atoms with Gasteiger partial charge in [-0.1, -0.05) is 6.42 Å². The molecule has 1 heterocycles. The van der Waals surface area contributed by atoms with E-state index in [0.29, 0.717) is 0 Å². The van der Waals surface area contributed by atoms with E-state index in [-0.39, 0.29) is 62.1 Å². The van der Waals surface area contributed by atoms with Crippen LogP contribution in [0.1, 0.15) is 38.5 Å². The van der Waals surface area contributed by atoms with Gasteiger partial charge in [-0.2, -0.15) is 0 Å². The monoisotopic (exact) mass is 268 g/mol. The summed E-state index contributed by atoms with van der Waals surface area (Å²) in [5.74, 6) is -0.393. The van der Waals surface area contributed by atoms with Crippen LogP contribution in [-0.2, 0) is 14.4 Å². The summed E-state index contributed by atoms with van der Waals surface area (Å²) in [5.41, 5.74) is 0. The Kier molecular flexibility index (Phi) is 4.52. The first-order valence-corrected chi connectivity index (χ1v) is 6.85. The molecule has 6 heteroatoms. The lowest BCUT2D eigenvalue weighted by molar-refractivity contribution is -0.138. The molecule has 2 atom stereocenters. The van der Waals surface area contributed by atoms with E-state index in [1.165, 1.54) is 0 Å². The lowest BCUT2D eigenvalue weighted by atomic mass is 10.1. The Morgan fingerprint density at radius 3 is 2.58 bits per heavy atom. The third-order valence-corrected chi connectivity index (χ3v) is 3.96. The van der Waals surface area contributed by atoms with Gasteiger partial charge in [0.25, 0.3) is 0 Å². The number of nitrogens with zero attached hydrogens (tertiary/aromatic N) is 1. The highest BCUT2D eigenvalue weighted by atomic mass is 16.3. The molecule has 19 heavy (non-hydrogen) atoms. The van der Waals surface area contributed by atoms with Crippen molar-refractivity contribution in [2.75, 3.05) is 13.2 Å². The Morgan fingerprint density at radius 2 is 1.95 bits per heavy atom. The van der Waals surface area contributed by atoms with E-state index in [1.807, 2.05) is 0 Å². The van der Waals surface area contributed by atoms with Crippen molar-refractivity contribution in [3.63, 3.8) is 0 Å². The molecule has 0 aromatic rings. The molecule has 6 nitrogen and oxygen atoms in total. The SMILES string of the molecule is O=C(CCN1C(=O)CCC1=O)NC1CCCC1CO. The number of hydrogen-bond donors (Lipinski definition) is 2. The number of aliphatic hydroxyl groups excluding tert-OH is 1. The highest BCUT2D eigenvalue weighted by Crippen LogP contribution is 2.25. The maximum absolute atomic E-state index is 11.8. The van der Waals surface area contributed by atoms with Crippen molar-refractivity contribution in [2.45, 2.75) is 44.6 Å². The number of hydrogen-bond acceptors (Lipinski definition) is 4. The fourth-order valence-corrected chi connectivity index (χ4v) is 2.81. The zero-order valence-corrected chi connectivity index (χ0v) is 10.9. The summed E-state index contributed by atoms with van der Waals surface area (Å²) in [7, 11) is 0. The Morgan fingerprint density at radius 1 is 1.26 bits per heavy atom. The van der Waals surface area contributed by atoms with Crippen LogP contribution in [0.15, 0.2) is 0 Å². The molecular formula is C13H20N2O4. The number of carbonyl (C=O) groups excluding carboxylic acids is 3. The molecule has 1 aliphatic carbocycles. The Balaban J connectivity index is 1.75. The molecule has 1 aliphatic heterocycles. The smallest absolute Gasteiger partial charge is 0.229 e. The second-order valence-electron chi connectivity index (χ2n) is 5.24. The minimum Gasteiger partial charge on any atom is -0.396 e. The van der Waals surface area contributed by atoms with E-state index in [2.05, 4.69) is 5.32 Å². The van der Waals surface area contributed by atoms with Crippen LogP contribution in [0.25, 0.3) is 0 Å². The Labute approximate surface area is 112 Å². The van der Waals surface area contributed by atoms with Gasteiger partial charge in [-0.25, -0.2) is 0 Å². The minimum absolute atomic E-state index is 0.0301. The fourth-order valence-electron chi connectivity index (χ4n) is 2.81. The third kappa shape index (κ3) is 3.32. The van der Waals surface area contributed by atoms with Crippen LogP contribution in [0.3, 0.4) is 0 Å². The van der Waals surface area contributed by atoms with Crippen LogP contribution in [0.5, 0.6) is 0 Å². The first-order valence-electron chi connectivity index (χ1n) is 6.85. The Hall–Kier alpha value is -1.43. The summed E-state index contributed by atoms with van der Waals surface area (Å²) in [5, 5.41) is 12.1. The highest BCUT2D eigenvalue weighted by Gasteiger charge is 2.30. The van der Waals surface area contributed by atoms with Gasteiger partial charge in [-0.05, 0) is 12.8 Å². The number of carbonyl (C=O) groups is 3. The predicted octanol–water partition coefficient (Wildman–Crippen LogP) is -0.197. The quantitative estimate of drug-likeness (QED) is 0.676. The molecule has 0 spiro atoms. The van der Waals surface area contributed by atoms with Crippen molar-refractivity contribution in [2.24, 2.45) is 5.92 Å².